The van der Waals surface area contributed by atoms with Crippen molar-refractivity contribution in [2.24, 2.45) is 5.41 Å². The van der Waals surface area contributed by atoms with Crippen molar-refractivity contribution in [1.82, 2.24) is 9.88 Å². The normalized spacial score (nSPS) is 18.4. The standard InChI is InChI=1S/C11H12N2O4S/c1-11(2)3-8(14)13(10(11)17)4-7-12-6(5-18-7)9(15)16/h5H,3-4H2,1-2H3,(H,15,16). The van der Waals surface area contributed by atoms with Crippen LogP contribution >= 0.6 is 11.3 Å². The third-order valence-corrected chi connectivity index (χ3v) is 3.62. The minimum absolute atomic E-state index is 0.0546. The molecule has 0 spiro atoms. The molecule has 2 heterocycles. The summed E-state index contributed by atoms with van der Waals surface area (Å²) in [6.45, 7) is 3.49. The zero-order chi connectivity index (χ0) is 13.5. The molecule has 0 radical (unpaired) electrons. The molecule has 0 atom stereocenters. The number of aromatic nitrogens is 1. The summed E-state index contributed by atoms with van der Waals surface area (Å²) in [5.74, 6) is -1.59. The number of rotatable bonds is 3. The van der Waals surface area contributed by atoms with Gasteiger partial charge in [-0.3, -0.25) is 14.5 Å². The van der Waals surface area contributed by atoms with E-state index >= 15 is 0 Å². The van der Waals surface area contributed by atoms with Crippen LogP contribution in [0, 0.1) is 5.41 Å². The lowest BCUT2D eigenvalue weighted by Gasteiger charge is -2.16. The fourth-order valence-corrected chi connectivity index (χ4v) is 2.56. The van der Waals surface area contributed by atoms with Crippen LogP contribution in [-0.2, 0) is 16.1 Å². The number of amides is 2. The van der Waals surface area contributed by atoms with Gasteiger partial charge in [0, 0.05) is 11.8 Å². The maximum atomic E-state index is 11.9. The Hall–Kier alpha value is -1.76. The number of imide groups is 1. The predicted molar refractivity (Wildman–Crippen MR) is 63.0 cm³/mol. The van der Waals surface area contributed by atoms with Crippen LogP contribution in [-0.4, -0.2) is 32.8 Å². The first kappa shape index (κ1) is 12.7. The van der Waals surface area contributed by atoms with Crippen LogP contribution in [0.3, 0.4) is 0 Å². The highest BCUT2D eigenvalue weighted by Gasteiger charge is 2.44. The van der Waals surface area contributed by atoms with Gasteiger partial charge in [0.2, 0.25) is 11.8 Å². The molecule has 1 aromatic heterocycles. The van der Waals surface area contributed by atoms with Gasteiger partial charge in [0.25, 0.3) is 0 Å². The van der Waals surface area contributed by atoms with Crippen LogP contribution in [0.5, 0.6) is 0 Å². The molecular weight excluding hydrogens is 256 g/mol. The van der Waals surface area contributed by atoms with E-state index in [0.717, 1.165) is 16.2 Å². The molecule has 2 amide bonds. The Kier molecular flexibility index (Phi) is 2.94. The van der Waals surface area contributed by atoms with E-state index in [-0.39, 0.29) is 30.5 Å². The molecule has 1 N–H and O–H groups in total. The summed E-state index contributed by atoms with van der Waals surface area (Å²) in [6.07, 6.45) is 0.184. The molecule has 96 valence electrons. The van der Waals surface area contributed by atoms with Gasteiger partial charge in [0.1, 0.15) is 5.01 Å². The molecule has 0 bridgehead atoms. The Morgan fingerprint density at radius 1 is 1.56 bits per heavy atom. The number of nitrogens with zero attached hydrogens (tertiary/aromatic N) is 2. The third kappa shape index (κ3) is 2.13. The van der Waals surface area contributed by atoms with Gasteiger partial charge >= 0.3 is 5.97 Å². The Morgan fingerprint density at radius 2 is 2.22 bits per heavy atom. The molecule has 0 saturated carbocycles. The van der Waals surface area contributed by atoms with Crippen molar-refractivity contribution in [3.05, 3.63) is 16.1 Å². The Morgan fingerprint density at radius 3 is 2.67 bits per heavy atom. The van der Waals surface area contributed by atoms with Crippen molar-refractivity contribution < 1.29 is 19.5 Å². The lowest BCUT2D eigenvalue weighted by Crippen LogP contribution is -2.32. The number of aromatic carboxylic acids is 1. The molecule has 6 nitrogen and oxygen atoms in total. The van der Waals surface area contributed by atoms with Gasteiger partial charge in [0.05, 0.1) is 12.0 Å². The Labute approximate surface area is 107 Å². The number of likely N-dealkylation sites (tertiary alicyclic amines) is 1. The Bertz CT molecular complexity index is 535. The van der Waals surface area contributed by atoms with Crippen LogP contribution in [0.25, 0.3) is 0 Å². The quantitative estimate of drug-likeness (QED) is 0.830. The fourth-order valence-electron chi connectivity index (χ4n) is 1.80. The number of thiazole rings is 1. The second-order valence-electron chi connectivity index (χ2n) is 4.78. The number of hydrogen-bond acceptors (Lipinski definition) is 5. The Balaban J connectivity index is 2.16. The smallest absolute Gasteiger partial charge is 0.355 e. The molecule has 0 aliphatic carbocycles. The van der Waals surface area contributed by atoms with E-state index in [1.807, 2.05) is 0 Å². The number of carbonyl (C=O) groups is 3. The molecule has 1 aliphatic rings. The van der Waals surface area contributed by atoms with E-state index in [1.165, 1.54) is 5.38 Å². The fraction of sp³-hybridized carbons (Fsp3) is 0.455. The average molecular weight is 268 g/mol. The predicted octanol–water partition coefficient (Wildman–Crippen LogP) is 1.13. The van der Waals surface area contributed by atoms with E-state index in [2.05, 4.69) is 4.98 Å². The van der Waals surface area contributed by atoms with E-state index < -0.39 is 11.4 Å². The van der Waals surface area contributed by atoms with Gasteiger partial charge in [-0.25, -0.2) is 9.78 Å². The van der Waals surface area contributed by atoms with E-state index in [4.69, 9.17) is 5.11 Å². The minimum atomic E-state index is -1.11. The SMILES string of the molecule is CC1(C)CC(=O)N(Cc2nc(C(=O)O)cs2)C1=O. The number of carboxylic acid groups (broad SMARTS) is 1. The molecule has 1 fully saturated rings. The van der Waals surface area contributed by atoms with Crippen molar-refractivity contribution in [3.8, 4) is 0 Å². The van der Waals surface area contributed by atoms with Crippen LogP contribution in [0.15, 0.2) is 5.38 Å². The number of carboxylic acids is 1. The topological polar surface area (TPSA) is 87.6 Å². The molecule has 1 saturated heterocycles. The zero-order valence-electron chi connectivity index (χ0n) is 9.97. The molecule has 1 aliphatic heterocycles. The van der Waals surface area contributed by atoms with Gasteiger partial charge in [0.15, 0.2) is 5.69 Å². The third-order valence-electron chi connectivity index (χ3n) is 2.78. The van der Waals surface area contributed by atoms with Gasteiger partial charge in [-0.2, -0.15) is 0 Å². The van der Waals surface area contributed by atoms with Crippen molar-refractivity contribution in [2.75, 3.05) is 0 Å². The van der Waals surface area contributed by atoms with Crippen molar-refractivity contribution >= 4 is 29.1 Å². The van der Waals surface area contributed by atoms with Gasteiger partial charge < -0.3 is 5.11 Å². The van der Waals surface area contributed by atoms with Crippen LogP contribution in [0.2, 0.25) is 0 Å². The molecule has 7 heteroatoms. The van der Waals surface area contributed by atoms with Crippen LogP contribution in [0.4, 0.5) is 0 Å². The largest absolute Gasteiger partial charge is 0.476 e. The second kappa shape index (κ2) is 4.16. The first-order chi connectivity index (χ1) is 8.31. The van der Waals surface area contributed by atoms with E-state index in [0.29, 0.717) is 5.01 Å². The second-order valence-corrected chi connectivity index (χ2v) is 5.72. The van der Waals surface area contributed by atoms with E-state index in [9.17, 15) is 14.4 Å². The summed E-state index contributed by atoms with van der Waals surface area (Å²) in [6, 6.07) is 0. The van der Waals surface area contributed by atoms with Gasteiger partial charge in [-0.05, 0) is 0 Å². The summed E-state index contributed by atoms with van der Waals surface area (Å²) in [5, 5.41) is 10.6. The molecular formula is C11H12N2O4S. The molecule has 2 rings (SSSR count). The van der Waals surface area contributed by atoms with Crippen molar-refractivity contribution in [1.29, 1.82) is 0 Å². The maximum Gasteiger partial charge on any atom is 0.355 e. The lowest BCUT2D eigenvalue weighted by molar-refractivity contribution is -0.141. The summed E-state index contributed by atoms with van der Waals surface area (Å²) in [7, 11) is 0. The molecule has 1 aromatic rings. The van der Waals surface area contributed by atoms with Crippen LogP contribution in [0.1, 0.15) is 35.8 Å². The van der Waals surface area contributed by atoms with Gasteiger partial charge in [-0.15, -0.1) is 11.3 Å². The molecule has 18 heavy (non-hydrogen) atoms. The first-order valence-corrected chi connectivity index (χ1v) is 6.22. The number of hydrogen-bond donors (Lipinski definition) is 1. The van der Waals surface area contributed by atoms with Gasteiger partial charge in [-0.1, -0.05) is 13.8 Å². The highest BCUT2D eigenvalue weighted by molar-refractivity contribution is 7.09. The highest BCUT2D eigenvalue weighted by atomic mass is 32.1. The minimum Gasteiger partial charge on any atom is -0.476 e. The van der Waals surface area contributed by atoms with E-state index in [1.54, 1.807) is 13.8 Å². The summed E-state index contributed by atoms with van der Waals surface area (Å²) >= 11 is 1.13. The summed E-state index contributed by atoms with van der Waals surface area (Å²) < 4.78 is 0. The van der Waals surface area contributed by atoms with Crippen molar-refractivity contribution in [3.63, 3.8) is 0 Å². The monoisotopic (exact) mass is 268 g/mol. The zero-order valence-corrected chi connectivity index (χ0v) is 10.8. The highest BCUT2D eigenvalue weighted by Crippen LogP contribution is 2.32. The molecule has 0 aromatic carbocycles. The van der Waals surface area contributed by atoms with Crippen LogP contribution < -0.4 is 0 Å². The summed E-state index contributed by atoms with van der Waals surface area (Å²) in [5.41, 5.74) is -0.738. The molecule has 0 unspecified atom stereocenters. The lowest BCUT2D eigenvalue weighted by atomic mass is 9.92. The average Bonchev–Trinajstić information content (AvgIpc) is 2.78. The summed E-state index contributed by atoms with van der Waals surface area (Å²) in [4.78, 5) is 39.3. The maximum absolute atomic E-state index is 11.9. The first-order valence-electron chi connectivity index (χ1n) is 5.34. The number of carbonyl (C=O) groups excluding carboxylic acids is 2. The van der Waals surface area contributed by atoms with Crippen molar-refractivity contribution in [2.45, 2.75) is 26.8 Å².